The standard InChI is InChI=1S/C14H10F2N4O/c1-7-3-2-4-12(18-7)13-19-14(21-20-13)8-5-9(15)10(16)6-11(8)17/h2-6H,17H2,1H3. The van der Waals surface area contributed by atoms with Crippen LogP contribution in [0.1, 0.15) is 5.69 Å². The molecule has 106 valence electrons. The Morgan fingerprint density at radius 3 is 2.62 bits per heavy atom. The zero-order valence-corrected chi connectivity index (χ0v) is 11.0. The van der Waals surface area contributed by atoms with Gasteiger partial charge in [-0.05, 0) is 25.1 Å². The third-order valence-electron chi connectivity index (χ3n) is 2.87. The number of aryl methyl sites for hydroxylation is 1. The second-order valence-corrected chi connectivity index (χ2v) is 4.44. The zero-order chi connectivity index (χ0) is 15.0. The van der Waals surface area contributed by atoms with E-state index < -0.39 is 11.6 Å². The number of anilines is 1. The number of halogens is 2. The molecule has 1 aromatic carbocycles. The first-order valence-corrected chi connectivity index (χ1v) is 6.07. The SMILES string of the molecule is Cc1cccc(-c2noc(-c3cc(F)c(F)cc3N)n2)n1. The monoisotopic (exact) mass is 288 g/mol. The molecule has 0 radical (unpaired) electrons. The van der Waals surface area contributed by atoms with Crippen LogP contribution in [-0.2, 0) is 0 Å². The predicted octanol–water partition coefficient (Wildman–Crippen LogP) is 2.97. The van der Waals surface area contributed by atoms with Crippen LogP contribution in [0.4, 0.5) is 14.5 Å². The maximum absolute atomic E-state index is 13.3. The molecule has 0 unspecified atom stereocenters. The van der Waals surface area contributed by atoms with Gasteiger partial charge < -0.3 is 10.3 Å². The summed E-state index contributed by atoms with van der Waals surface area (Å²) in [5, 5.41) is 3.78. The first-order chi connectivity index (χ1) is 10.0. The van der Waals surface area contributed by atoms with Crippen LogP contribution in [0.5, 0.6) is 0 Å². The number of benzene rings is 1. The molecular formula is C14H10F2N4O. The van der Waals surface area contributed by atoms with Gasteiger partial charge in [0.2, 0.25) is 5.82 Å². The number of nitrogens with two attached hydrogens (primary N) is 1. The fourth-order valence-electron chi connectivity index (χ4n) is 1.85. The molecule has 2 N–H and O–H groups in total. The second kappa shape index (κ2) is 4.93. The molecule has 21 heavy (non-hydrogen) atoms. The van der Waals surface area contributed by atoms with Crippen LogP contribution in [0, 0.1) is 18.6 Å². The first-order valence-electron chi connectivity index (χ1n) is 6.07. The van der Waals surface area contributed by atoms with Gasteiger partial charge in [-0.25, -0.2) is 13.8 Å². The van der Waals surface area contributed by atoms with E-state index in [4.69, 9.17) is 10.3 Å². The number of aromatic nitrogens is 3. The van der Waals surface area contributed by atoms with Crippen molar-refractivity contribution in [3.63, 3.8) is 0 Å². The van der Waals surface area contributed by atoms with Crippen molar-refractivity contribution >= 4 is 5.69 Å². The minimum absolute atomic E-state index is 0.00436. The molecule has 0 saturated carbocycles. The normalized spacial score (nSPS) is 10.8. The lowest BCUT2D eigenvalue weighted by Crippen LogP contribution is -1.95. The topological polar surface area (TPSA) is 77.8 Å². The summed E-state index contributed by atoms with van der Waals surface area (Å²) in [6, 6.07) is 7.15. The molecule has 2 aromatic heterocycles. The highest BCUT2D eigenvalue weighted by Gasteiger charge is 2.16. The molecule has 5 nitrogen and oxygen atoms in total. The molecule has 0 amide bonds. The quantitative estimate of drug-likeness (QED) is 0.733. The van der Waals surface area contributed by atoms with Crippen LogP contribution in [0.3, 0.4) is 0 Å². The Hall–Kier alpha value is -2.83. The van der Waals surface area contributed by atoms with Gasteiger partial charge in [0.25, 0.3) is 5.89 Å². The van der Waals surface area contributed by atoms with E-state index in [0.717, 1.165) is 17.8 Å². The van der Waals surface area contributed by atoms with Crippen molar-refractivity contribution in [2.45, 2.75) is 6.92 Å². The molecule has 0 spiro atoms. The van der Waals surface area contributed by atoms with Gasteiger partial charge in [-0.3, -0.25) is 0 Å². The lowest BCUT2D eigenvalue weighted by Gasteiger charge is -2.01. The van der Waals surface area contributed by atoms with E-state index in [0.29, 0.717) is 5.69 Å². The maximum Gasteiger partial charge on any atom is 0.260 e. The molecule has 0 bridgehead atoms. The molecule has 0 aliphatic rings. The maximum atomic E-state index is 13.3. The highest BCUT2D eigenvalue weighted by atomic mass is 19.2. The smallest absolute Gasteiger partial charge is 0.260 e. The lowest BCUT2D eigenvalue weighted by atomic mass is 10.1. The van der Waals surface area contributed by atoms with Gasteiger partial charge in [-0.2, -0.15) is 4.98 Å². The zero-order valence-electron chi connectivity index (χ0n) is 11.0. The highest BCUT2D eigenvalue weighted by molar-refractivity contribution is 5.71. The summed E-state index contributed by atoms with van der Waals surface area (Å²) in [5.74, 6) is -1.81. The average molecular weight is 288 g/mol. The van der Waals surface area contributed by atoms with Crippen molar-refractivity contribution in [3.05, 3.63) is 47.7 Å². The largest absolute Gasteiger partial charge is 0.398 e. The van der Waals surface area contributed by atoms with Gasteiger partial charge in [0.15, 0.2) is 11.6 Å². The van der Waals surface area contributed by atoms with E-state index in [9.17, 15) is 8.78 Å². The van der Waals surface area contributed by atoms with Crippen LogP contribution in [0.2, 0.25) is 0 Å². The molecule has 3 rings (SSSR count). The van der Waals surface area contributed by atoms with Crippen molar-refractivity contribution in [1.82, 2.24) is 15.1 Å². The summed E-state index contributed by atoms with van der Waals surface area (Å²) in [6.07, 6.45) is 0. The van der Waals surface area contributed by atoms with Crippen molar-refractivity contribution < 1.29 is 13.3 Å². The highest BCUT2D eigenvalue weighted by Crippen LogP contribution is 2.28. The molecule has 0 fully saturated rings. The van der Waals surface area contributed by atoms with Gasteiger partial charge in [0.1, 0.15) is 5.69 Å². The predicted molar refractivity (Wildman–Crippen MR) is 72.0 cm³/mol. The van der Waals surface area contributed by atoms with Gasteiger partial charge in [0, 0.05) is 17.4 Å². The first kappa shape index (κ1) is 13.2. The average Bonchev–Trinajstić information content (AvgIpc) is 2.92. The van der Waals surface area contributed by atoms with Gasteiger partial charge in [-0.1, -0.05) is 11.2 Å². The van der Waals surface area contributed by atoms with Crippen molar-refractivity contribution in [2.75, 3.05) is 5.73 Å². The number of pyridine rings is 1. The third kappa shape index (κ3) is 2.45. The molecule has 2 heterocycles. The van der Waals surface area contributed by atoms with Gasteiger partial charge in [-0.15, -0.1) is 0 Å². The van der Waals surface area contributed by atoms with E-state index in [1.807, 2.05) is 13.0 Å². The Bertz CT molecular complexity index is 816. The van der Waals surface area contributed by atoms with Gasteiger partial charge in [0.05, 0.1) is 5.56 Å². The Morgan fingerprint density at radius 1 is 1.10 bits per heavy atom. The molecule has 0 aliphatic heterocycles. The number of nitrogens with zero attached hydrogens (tertiary/aromatic N) is 3. The van der Waals surface area contributed by atoms with E-state index in [1.54, 1.807) is 12.1 Å². The summed E-state index contributed by atoms with van der Waals surface area (Å²) in [6.45, 7) is 1.83. The summed E-state index contributed by atoms with van der Waals surface area (Å²) in [4.78, 5) is 8.37. The van der Waals surface area contributed by atoms with Crippen molar-refractivity contribution in [1.29, 1.82) is 0 Å². The molecular weight excluding hydrogens is 278 g/mol. The van der Waals surface area contributed by atoms with E-state index in [-0.39, 0.29) is 23.0 Å². The summed E-state index contributed by atoms with van der Waals surface area (Å²) >= 11 is 0. The summed E-state index contributed by atoms with van der Waals surface area (Å²) < 4.78 is 31.4. The fraction of sp³-hybridized carbons (Fsp3) is 0.0714. The van der Waals surface area contributed by atoms with Crippen molar-refractivity contribution in [3.8, 4) is 23.0 Å². The van der Waals surface area contributed by atoms with Crippen LogP contribution in [-0.4, -0.2) is 15.1 Å². The van der Waals surface area contributed by atoms with Crippen LogP contribution in [0.25, 0.3) is 23.0 Å². The minimum atomic E-state index is -1.03. The van der Waals surface area contributed by atoms with E-state index >= 15 is 0 Å². The Morgan fingerprint density at radius 2 is 1.86 bits per heavy atom. The number of rotatable bonds is 2. The van der Waals surface area contributed by atoms with Crippen LogP contribution < -0.4 is 5.73 Å². The van der Waals surface area contributed by atoms with Crippen LogP contribution >= 0.6 is 0 Å². The summed E-state index contributed by atoms with van der Waals surface area (Å²) in [5.41, 5.74) is 7.12. The molecule has 3 aromatic rings. The molecule has 0 saturated heterocycles. The molecule has 0 aliphatic carbocycles. The van der Waals surface area contributed by atoms with Crippen LogP contribution in [0.15, 0.2) is 34.9 Å². The Labute approximate surface area is 118 Å². The molecule has 0 atom stereocenters. The summed E-state index contributed by atoms with van der Waals surface area (Å²) in [7, 11) is 0. The molecule has 7 heteroatoms. The lowest BCUT2D eigenvalue weighted by molar-refractivity contribution is 0.431. The number of nitrogen functional groups attached to an aromatic ring is 1. The number of hydrogen-bond donors (Lipinski definition) is 1. The number of hydrogen-bond acceptors (Lipinski definition) is 5. The van der Waals surface area contributed by atoms with Gasteiger partial charge >= 0.3 is 0 Å². The van der Waals surface area contributed by atoms with Crippen molar-refractivity contribution in [2.24, 2.45) is 0 Å². The fourth-order valence-corrected chi connectivity index (χ4v) is 1.85. The van der Waals surface area contributed by atoms with E-state index in [1.165, 1.54) is 0 Å². The second-order valence-electron chi connectivity index (χ2n) is 4.44. The van der Waals surface area contributed by atoms with E-state index in [2.05, 4.69) is 15.1 Å². The minimum Gasteiger partial charge on any atom is -0.398 e. The Kier molecular flexibility index (Phi) is 3.09. The third-order valence-corrected chi connectivity index (χ3v) is 2.87. The Balaban J connectivity index is 2.05.